The summed E-state index contributed by atoms with van der Waals surface area (Å²) in [6, 6.07) is 10.9. The van der Waals surface area contributed by atoms with E-state index in [0.717, 1.165) is 14.2 Å². The van der Waals surface area contributed by atoms with Crippen molar-refractivity contribution in [2.45, 2.75) is 19.4 Å². The SMILES string of the molecule is CC(C(=O)NCc1cccc(OCC(=O)O)c1)c1ccc(Br)s1. The second kappa shape index (κ2) is 8.12. The lowest BCUT2D eigenvalue weighted by Gasteiger charge is -2.11. The van der Waals surface area contributed by atoms with Gasteiger partial charge >= 0.3 is 5.97 Å². The van der Waals surface area contributed by atoms with Crippen molar-refractivity contribution < 1.29 is 19.4 Å². The number of aliphatic carboxylic acids is 1. The number of ether oxygens (including phenoxy) is 1. The van der Waals surface area contributed by atoms with Crippen LogP contribution in [-0.2, 0) is 16.1 Å². The quantitative estimate of drug-likeness (QED) is 0.750. The van der Waals surface area contributed by atoms with Crippen molar-refractivity contribution in [1.29, 1.82) is 0 Å². The Labute approximate surface area is 146 Å². The first-order valence-corrected chi connectivity index (χ1v) is 8.53. The molecule has 2 N–H and O–H groups in total. The molecular weight excluding hydrogens is 382 g/mol. The van der Waals surface area contributed by atoms with Crippen LogP contribution in [0.25, 0.3) is 0 Å². The van der Waals surface area contributed by atoms with Gasteiger partial charge in [0.15, 0.2) is 6.61 Å². The fourth-order valence-corrected chi connectivity index (χ4v) is 3.40. The van der Waals surface area contributed by atoms with Crippen molar-refractivity contribution in [3.05, 3.63) is 50.6 Å². The summed E-state index contributed by atoms with van der Waals surface area (Å²) in [7, 11) is 0. The van der Waals surface area contributed by atoms with Gasteiger partial charge in [0.25, 0.3) is 0 Å². The Kier molecular flexibility index (Phi) is 6.18. The average molecular weight is 398 g/mol. The fraction of sp³-hybridized carbons (Fsp3) is 0.250. The van der Waals surface area contributed by atoms with Gasteiger partial charge in [0, 0.05) is 11.4 Å². The Morgan fingerprint density at radius 3 is 2.78 bits per heavy atom. The number of amides is 1. The minimum atomic E-state index is -1.03. The normalized spacial score (nSPS) is 11.7. The largest absolute Gasteiger partial charge is 0.482 e. The number of carbonyl (C=O) groups excluding carboxylic acids is 1. The zero-order valence-corrected chi connectivity index (χ0v) is 14.8. The first-order valence-electron chi connectivity index (χ1n) is 6.92. The molecule has 122 valence electrons. The van der Waals surface area contributed by atoms with Crippen LogP contribution < -0.4 is 10.1 Å². The van der Waals surface area contributed by atoms with Gasteiger partial charge in [-0.25, -0.2) is 4.79 Å². The number of carboxylic acid groups (broad SMARTS) is 1. The number of rotatable bonds is 7. The van der Waals surface area contributed by atoms with Crippen LogP contribution in [-0.4, -0.2) is 23.6 Å². The van der Waals surface area contributed by atoms with Crippen LogP contribution in [0, 0.1) is 0 Å². The van der Waals surface area contributed by atoms with E-state index in [0.29, 0.717) is 12.3 Å². The number of hydrogen-bond donors (Lipinski definition) is 2. The summed E-state index contributed by atoms with van der Waals surface area (Å²) >= 11 is 4.93. The number of thiophene rings is 1. The smallest absolute Gasteiger partial charge is 0.341 e. The highest BCUT2D eigenvalue weighted by molar-refractivity contribution is 9.11. The van der Waals surface area contributed by atoms with Gasteiger partial charge in [0.05, 0.1) is 9.70 Å². The monoisotopic (exact) mass is 397 g/mol. The maximum absolute atomic E-state index is 12.2. The highest BCUT2D eigenvalue weighted by atomic mass is 79.9. The van der Waals surface area contributed by atoms with Crippen molar-refractivity contribution in [3.63, 3.8) is 0 Å². The van der Waals surface area contributed by atoms with Gasteiger partial charge in [-0.2, -0.15) is 0 Å². The molecule has 1 heterocycles. The molecule has 1 unspecified atom stereocenters. The first-order chi connectivity index (χ1) is 11.0. The molecular formula is C16H16BrNO4S. The molecule has 0 aliphatic rings. The molecule has 0 saturated heterocycles. The number of carbonyl (C=O) groups is 2. The third-order valence-electron chi connectivity index (χ3n) is 3.14. The summed E-state index contributed by atoms with van der Waals surface area (Å²) in [5.41, 5.74) is 0.848. The molecule has 1 amide bonds. The van der Waals surface area contributed by atoms with Crippen LogP contribution in [0.1, 0.15) is 23.3 Å². The predicted molar refractivity (Wildman–Crippen MR) is 91.9 cm³/mol. The molecule has 0 spiro atoms. The van der Waals surface area contributed by atoms with E-state index < -0.39 is 5.97 Å². The van der Waals surface area contributed by atoms with E-state index in [4.69, 9.17) is 9.84 Å². The molecule has 1 aromatic carbocycles. The molecule has 7 heteroatoms. The summed E-state index contributed by atoms with van der Waals surface area (Å²) in [5, 5.41) is 11.5. The zero-order valence-electron chi connectivity index (χ0n) is 12.4. The molecule has 0 bridgehead atoms. The number of carboxylic acids is 1. The Morgan fingerprint density at radius 2 is 2.13 bits per heavy atom. The Morgan fingerprint density at radius 1 is 1.35 bits per heavy atom. The van der Waals surface area contributed by atoms with Gasteiger partial charge in [0.1, 0.15) is 5.75 Å². The van der Waals surface area contributed by atoms with Crippen molar-refractivity contribution in [2.24, 2.45) is 0 Å². The Balaban J connectivity index is 1.91. The topological polar surface area (TPSA) is 75.6 Å². The Hall–Kier alpha value is -1.86. The molecule has 23 heavy (non-hydrogen) atoms. The molecule has 5 nitrogen and oxygen atoms in total. The van der Waals surface area contributed by atoms with Crippen LogP contribution >= 0.6 is 27.3 Å². The van der Waals surface area contributed by atoms with E-state index in [2.05, 4.69) is 21.2 Å². The molecule has 0 aliphatic heterocycles. The second-order valence-electron chi connectivity index (χ2n) is 4.91. The van der Waals surface area contributed by atoms with Gasteiger partial charge in [-0.15, -0.1) is 11.3 Å². The molecule has 0 saturated carbocycles. The highest BCUT2D eigenvalue weighted by Crippen LogP contribution is 2.28. The van der Waals surface area contributed by atoms with E-state index in [1.54, 1.807) is 18.2 Å². The Bertz CT molecular complexity index is 701. The maximum Gasteiger partial charge on any atom is 0.341 e. The number of nitrogens with one attached hydrogen (secondary N) is 1. The molecule has 0 aliphatic carbocycles. The lowest BCUT2D eigenvalue weighted by Crippen LogP contribution is -2.27. The maximum atomic E-state index is 12.2. The van der Waals surface area contributed by atoms with Crippen LogP contribution in [0.2, 0.25) is 0 Å². The third-order valence-corrected chi connectivity index (χ3v) is 4.95. The minimum absolute atomic E-state index is 0.0591. The summed E-state index contributed by atoms with van der Waals surface area (Å²) in [6.07, 6.45) is 0. The lowest BCUT2D eigenvalue weighted by atomic mass is 10.1. The van der Waals surface area contributed by atoms with Crippen molar-refractivity contribution in [1.82, 2.24) is 5.32 Å². The van der Waals surface area contributed by atoms with E-state index in [-0.39, 0.29) is 18.4 Å². The number of benzene rings is 1. The van der Waals surface area contributed by atoms with Crippen LogP contribution in [0.4, 0.5) is 0 Å². The van der Waals surface area contributed by atoms with Gasteiger partial charge < -0.3 is 15.2 Å². The van der Waals surface area contributed by atoms with E-state index in [9.17, 15) is 9.59 Å². The number of halogens is 1. The van der Waals surface area contributed by atoms with Crippen LogP contribution in [0.5, 0.6) is 5.75 Å². The second-order valence-corrected chi connectivity index (χ2v) is 7.41. The lowest BCUT2D eigenvalue weighted by molar-refractivity contribution is -0.139. The van der Waals surface area contributed by atoms with E-state index in [1.807, 2.05) is 25.1 Å². The fourth-order valence-electron chi connectivity index (χ4n) is 1.92. The molecule has 0 fully saturated rings. The zero-order chi connectivity index (χ0) is 16.8. The summed E-state index contributed by atoms with van der Waals surface area (Å²) in [5.74, 6) is -0.844. The predicted octanol–water partition coefficient (Wildman–Crippen LogP) is 3.39. The van der Waals surface area contributed by atoms with Crippen molar-refractivity contribution >= 4 is 39.1 Å². The first kappa shape index (κ1) is 17.5. The van der Waals surface area contributed by atoms with Gasteiger partial charge in [-0.05, 0) is 52.7 Å². The van der Waals surface area contributed by atoms with Gasteiger partial charge in [-0.3, -0.25) is 4.79 Å². The summed E-state index contributed by atoms with van der Waals surface area (Å²) in [4.78, 5) is 23.7. The van der Waals surface area contributed by atoms with E-state index >= 15 is 0 Å². The molecule has 0 radical (unpaired) electrons. The van der Waals surface area contributed by atoms with Crippen molar-refractivity contribution in [3.8, 4) is 5.75 Å². The molecule has 2 rings (SSSR count). The molecule has 2 aromatic rings. The standard InChI is InChI=1S/C16H16BrNO4S/c1-10(13-5-6-14(17)23-13)16(21)18-8-11-3-2-4-12(7-11)22-9-15(19)20/h2-7,10H,8-9H2,1H3,(H,18,21)(H,19,20). The molecule has 1 atom stereocenters. The van der Waals surface area contributed by atoms with Crippen LogP contribution in [0.15, 0.2) is 40.2 Å². The summed E-state index contributed by atoms with van der Waals surface area (Å²) < 4.78 is 6.11. The van der Waals surface area contributed by atoms with E-state index in [1.165, 1.54) is 11.3 Å². The van der Waals surface area contributed by atoms with Gasteiger partial charge in [-0.1, -0.05) is 12.1 Å². The third kappa shape index (κ3) is 5.37. The van der Waals surface area contributed by atoms with Gasteiger partial charge in [0.2, 0.25) is 5.91 Å². The number of hydrogen-bond acceptors (Lipinski definition) is 4. The van der Waals surface area contributed by atoms with Crippen molar-refractivity contribution in [2.75, 3.05) is 6.61 Å². The van der Waals surface area contributed by atoms with Crippen LogP contribution in [0.3, 0.4) is 0 Å². The average Bonchev–Trinajstić information content (AvgIpc) is 2.96. The highest BCUT2D eigenvalue weighted by Gasteiger charge is 2.16. The summed E-state index contributed by atoms with van der Waals surface area (Å²) in [6.45, 7) is 1.83. The minimum Gasteiger partial charge on any atom is -0.482 e. The molecule has 1 aromatic heterocycles.